The first-order chi connectivity index (χ1) is 15.4. The highest BCUT2D eigenvalue weighted by molar-refractivity contribution is 5.94. The number of esters is 4. The van der Waals surface area contributed by atoms with E-state index in [-0.39, 0.29) is 0 Å². The van der Waals surface area contributed by atoms with E-state index >= 15 is 0 Å². The highest BCUT2D eigenvalue weighted by Gasteiger charge is 2.55. The Bertz CT molecular complexity index is 923. The van der Waals surface area contributed by atoms with Crippen molar-refractivity contribution in [3.05, 3.63) is 34.9 Å². The quantitative estimate of drug-likeness (QED) is 0.471. The largest absolute Gasteiger partial charge is 0.467 e. The van der Waals surface area contributed by atoms with Crippen LogP contribution < -0.4 is 5.32 Å². The van der Waals surface area contributed by atoms with Crippen LogP contribution >= 0.6 is 0 Å². The lowest BCUT2D eigenvalue weighted by Crippen LogP contribution is -2.67. The third kappa shape index (κ3) is 6.75. The maximum atomic E-state index is 12.9. The summed E-state index contributed by atoms with van der Waals surface area (Å²) in [7, 11) is 1.08. The maximum Gasteiger partial charge on any atom is 0.339 e. The maximum absolute atomic E-state index is 12.9. The third-order valence-corrected chi connectivity index (χ3v) is 4.63. The average Bonchev–Trinajstić information content (AvgIpc) is 2.69. The molecule has 0 aliphatic carbocycles. The zero-order valence-electron chi connectivity index (χ0n) is 19.2. The van der Waals surface area contributed by atoms with Crippen molar-refractivity contribution < 1.29 is 47.7 Å². The fraction of sp³-hybridized carbons (Fsp3) is 0.500. The molecule has 33 heavy (non-hydrogen) atoms. The topological polar surface area (TPSA) is 144 Å². The molecule has 11 heteroatoms. The fourth-order valence-corrected chi connectivity index (χ4v) is 3.55. The minimum atomic E-state index is -1.58. The predicted octanol–water partition coefficient (Wildman–Crippen LogP) is 0.726. The van der Waals surface area contributed by atoms with E-state index in [1.807, 2.05) is 19.9 Å². The standard InChI is InChI=1S/C22H27NO10/c1-10-7-11(2)9-15(8-10)20(27)23-21-18(32-14(5)26)16(30-12(3)24)17(31-13(4)25)19(33-21)22(28)29-6/h7-9,16-19,21H,1-6H3,(H,23,27)/t16-,17-,18+,19-,21+/m0/s1. The molecule has 1 aromatic carbocycles. The second-order valence-corrected chi connectivity index (χ2v) is 7.57. The van der Waals surface area contributed by atoms with Gasteiger partial charge in [0.1, 0.15) is 0 Å². The molecule has 0 radical (unpaired) electrons. The molecule has 0 unspecified atom stereocenters. The van der Waals surface area contributed by atoms with Crippen molar-refractivity contribution in [2.45, 2.75) is 65.3 Å². The summed E-state index contributed by atoms with van der Waals surface area (Å²) in [6, 6.07) is 5.15. The van der Waals surface area contributed by atoms with Crippen LogP contribution in [0.25, 0.3) is 0 Å². The first-order valence-corrected chi connectivity index (χ1v) is 10.1. The Morgan fingerprint density at radius 1 is 0.788 bits per heavy atom. The SMILES string of the molecule is COC(=O)[C@H]1O[C@@H](NC(=O)c2cc(C)cc(C)c2)[C@H](OC(C)=O)[C@@H](OC(C)=O)[C@@H]1OC(C)=O. The smallest absolute Gasteiger partial charge is 0.339 e. The van der Waals surface area contributed by atoms with Crippen molar-refractivity contribution in [3.63, 3.8) is 0 Å². The van der Waals surface area contributed by atoms with Gasteiger partial charge in [0, 0.05) is 26.3 Å². The van der Waals surface area contributed by atoms with Gasteiger partial charge in [0.15, 0.2) is 30.6 Å². The Labute approximate surface area is 190 Å². The molecule has 1 heterocycles. The van der Waals surface area contributed by atoms with Crippen LogP contribution in [0.15, 0.2) is 18.2 Å². The molecule has 11 nitrogen and oxygen atoms in total. The molecule has 1 amide bonds. The molecule has 0 spiro atoms. The van der Waals surface area contributed by atoms with Crippen molar-refractivity contribution in [3.8, 4) is 0 Å². The van der Waals surface area contributed by atoms with Crippen LogP contribution in [0, 0.1) is 13.8 Å². The van der Waals surface area contributed by atoms with Crippen LogP contribution in [0.4, 0.5) is 0 Å². The minimum Gasteiger partial charge on any atom is -0.467 e. The summed E-state index contributed by atoms with van der Waals surface area (Å²) in [5.41, 5.74) is 1.96. The van der Waals surface area contributed by atoms with Gasteiger partial charge in [-0.2, -0.15) is 0 Å². The molecule has 0 aromatic heterocycles. The summed E-state index contributed by atoms with van der Waals surface area (Å²) in [4.78, 5) is 60.6. The Morgan fingerprint density at radius 3 is 1.76 bits per heavy atom. The van der Waals surface area contributed by atoms with Crippen molar-refractivity contribution in [1.29, 1.82) is 0 Å². The van der Waals surface area contributed by atoms with Gasteiger partial charge in [0.25, 0.3) is 5.91 Å². The van der Waals surface area contributed by atoms with E-state index in [0.29, 0.717) is 5.56 Å². The van der Waals surface area contributed by atoms with Crippen molar-refractivity contribution in [2.75, 3.05) is 7.11 Å². The minimum absolute atomic E-state index is 0.290. The number of benzene rings is 1. The highest BCUT2D eigenvalue weighted by atomic mass is 16.7. The fourth-order valence-electron chi connectivity index (χ4n) is 3.55. The molecular weight excluding hydrogens is 438 g/mol. The van der Waals surface area contributed by atoms with Crippen LogP contribution in [0.5, 0.6) is 0 Å². The summed E-state index contributed by atoms with van der Waals surface area (Å²) < 4.78 is 26.1. The van der Waals surface area contributed by atoms with Gasteiger partial charge in [0.05, 0.1) is 7.11 Å². The van der Waals surface area contributed by atoms with Crippen LogP contribution in [0.1, 0.15) is 42.3 Å². The van der Waals surface area contributed by atoms with Crippen LogP contribution in [0.3, 0.4) is 0 Å². The Balaban J connectivity index is 2.49. The van der Waals surface area contributed by atoms with Crippen LogP contribution in [0.2, 0.25) is 0 Å². The molecule has 2 rings (SSSR count). The van der Waals surface area contributed by atoms with E-state index < -0.39 is 60.4 Å². The van der Waals surface area contributed by atoms with Gasteiger partial charge in [-0.1, -0.05) is 17.2 Å². The molecule has 0 bridgehead atoms. The van der Waals surface area contributed by atoms with Gasteiger partial charge in [-0.25, -0.2) is 4.79 Å². The zero-order chi connectivity index (χ0) is 24.9. The number of nitrogens with one attached hydrogen (secondary N) is 1. The number of carbonyl (C=O) groups is 5. The zero-order valence-corrected chi connectivity index (χ0v) is 19.2. The predicted molar refractivity (Wildman–Crippen MR) is 111 cm³/mol. The van der Waals surface area contributed by atoms with E-state index in [1.54, 1.807) is 12.1 Å². The Kier molecular flexibility index (Phi) is 8.52. The van der Waals surface area contributed by atoms with Gasteiger partial charge in [-0.15, -0.1) is 0 Å². The second-order valence-electron chi connectivity index (χ2n) is 7.57. The number of hydrogen-bond donors (Lipinski definition) is 1. The summed E-state index contributed by atoms with van der Waals surface area (Å²) in [5, 5.41) is 2.55. The van der Waals surface area contributed by atoms with Crippen LogP contribution in [-0.4, -0.2) is 67.5 Å². The Morgan fingerprint density at radius 2 is 1.27 bits per heavy atom. The van der Waals surface area contributed by atoms with Gasteiger partial charge >= 0.3 is 23.9 Å². The average molecular weight is 465 g/mol. The van der Waals surface area contributed by atoms with Gasteiger partial charge in [-0.05, 0) is 26.0 Å². The first kappa shape index (κ1) is 25.8. The molecule has 1 saturated heterocycles. The number of ether oxygens (including phenoxy) is 5. The lowest BCUT2D eigenvalue weighted by Gasteiger charge is -2.43. The monoisotopic (exact) mass is 465 g/mol. The number of rotatable bonds is 6. The summed E-state index contributed by atoms with van der Waals surface area (Å²) in [6.45, 7) is 6.89. The molecule has 1 aliphatic rings. The highest BCUT2D eigenvalue weighted by Crippen LogP contribution is 2.29. The third-order valence-electron chi connectivity index (χ3n) is 4.63. The molecule has 0 saturated carbocycles. The van der Waals surface area contributed by atoms with E-state index in [9.17, 15) is 24.0 Å². The van der Waals surface area contributed by atoms with E-state index in [2.05, 4.69) is 5.32 Å². The number of aryl methyl sites for hydroxylation is 2. The number of amides is 1. The molecule has 1 aliphatic heterocycles. The summed E-state index contributed by atoms with van der Waals surface area (Å²) >= 11 is 0. The molecule has 1 fully saturated rings. The van der Waals surface area contributed by atoms with Crippen molar-refractivity contribution in [2.24, 2.45) is 0 Å². The summed E-state index contributed by atoms with van der Waals surface area (Å²) in [5.74, 6) is -3.96. The number of methoxy groups -OCH3 is 1. The lowest BCUT2D eigenvalue weighted by molar-refractivity contribution is -0.251. The number of carbonyl (C=O) groups excluding carboxylic acids is 5. The number of hydrogen-bond acceptors (Lipinski definition) is 10. The van der Waals surface area contributed by atoms with Gasteiger partial charge in [-0.3, -0.25) is 19.2 Å². The van der Waals surface area contributed by atoms with Crippen molar-refractivity contribution >= 4 is 29.8 Å². The summed E-state index contributed by atoms with van der Waals surface area (Å²) in [6.07, 6.45) is -7.44. The first-order valence-electron chi connectivity index (χ1n) is 10.1. The molecule has 1 aromatic rings. The molecule has 5 atom stereocenters. The van der Waals surface area contributed by atoms with Crippen LogP contribution in [-0.2, 0) is 42.9 Å². The lowest BCUT2D eigenvalue weighted by atomic mass is 9.96. The Hall–Kier alpha value is -3.47. The van der Waals surface area contributed by atoms with Crippen molar-refractivity contribution in [1.82, 2.24) is 5.32 Å². The molecular formula is C22H27NO10. The second kappa shape index (κ2) is 10.9. The molecule has 1 N–H and O–H groups in total. The normalized spacial score (nSPS) is 24.2. The van der Waals surface area contributed by atoms with Gasteiger partial charge in [0.2, 0.25) is 0 Å². The molecule has 180 valence electrons. The van der Waals surface area contributed by atoms with Gasteiger partial charge < -0.3 is 29.0 Å². The van der Waals surface area contributed by atoms with E-state index in [0.717, 1.165) is 39.0 Å². The van der Waals surface area contributed by atoms with E-state index in [1.165, 1.54) is 0 Å². The van der Waals surface area contributed by atoms with E-state index in [4.69, 9.17) is 23.7 Å².